The minimum absolute atomic E-state index is 0.0167. The maximum Gasteiger partial charge on any atom is 0.191 e. The van der Waals surface area contributed by atoms with Crippen LogP contribution in [0.25, 0.3) is 0 Å². The predicted molar refractivity (Wildman–Crippen MR) is 59.8 cm³/mol. The summed E-state index contributed by atoms with van der Waals surface area (Å²) in [5.41, 5.74) is 0.859. The first-order valence-electron chi connectivity index (χ1n) is 5.28. The zero-order chi connectivity index (χ0) is 13.1. The number of aryl methyl sites for hydroxylation is 1. The predicted octanol–water partition coefficient (Wildman–Crippen LogP) is 1.77. The van der Waals surface area contributed by atoms with Gasteiger partial charge in [0, 0.05) is 7.05 Å². The first-order chi connectivity index (χ1) is 8.61. The lowest BCUT2D eigenvalue weighted by molar-refractivity contribution is 0.261. The first-order valence-corrected chi connectivity index (χ1v) is 5.28. The van der Waals surface area contributed by atoms with Crippen LogP contribution < -0.4 is 4.74 Å². The fraction of sp³-hybridized carbons (Fsp3) is 0.250. The average Bonchev–Trinajstić information content (AvgIpc) is 2.73. The third kappa shape index (κ3) is 2.48. The minimum Gasteiger partial charge on any atom is -0.481 e. The molecule has 0 aliphatic heterocycles. The van der Waals surface area contributed by atoms with Gasteiger partial charge in [-0.05, 0) is 17.7 Å². The molecule has 4 nitrogen and oxygen atoms in total. The van der Waals surface area contributed by atoms with Gasteiger partial charge in [-0.25, -0.2) is 13.8 Å². The van der Waals surface area contributed by atoms with Crippen molar-refractivity contribution in [3.63, 3.8) is 0 Å². The maximum absolute atomic E-state index is 13.5. The lowest BCUT2D eigenvalue weighted by atomic mass is 10.2. The van der Waals surface area contributed by atoms with Gasteiger partial charge in [-0.3, -0.25) is 0 Å². The van der Waals surface area contributed by atoms with Crippen molar-refractivity contribution in [1.82, 2.24) is 9.55 Å². The molecule has 2 rings (SSSR count). The van der Waals surface area contributed by atoms with Crippen molar-refractivity contribution in [3.8, 4) is 5.75 Å². The molecule has 0 aliphatic rings. The molecule has 1 aromatic heterocycles. The van der Waals surface area contributed by atoms with Crippen LogP contribution in [0.4, 0.5) is 8.78 Å². The molecule has 0 saturated heterocycles. The van der Waals surface area contributed by atoms with E-state index in [1.54, 1.807) is 24.1 Å². The monoisotopic (exact) mass is 254 g/mol. The van der Waals surface area contributed by atoms with Crippen LogP contribution in [0, 0.1) is 11.6 Å². The molecule has 0 atom stereocenters. The van der Waals surface area contributed by atoms with Gasteiger partial charge >= 0.3 is 0 Å². The number of rotatable bonds is 4. The maximum atomic E-state index is 13.5. The van der Waals surface area contributed by atoms with Crippen molar-refractivity contribution in [2.45, 2.75) is 13.2 Å². The van der Waals surface area contributed by atoms with Gasteiger partial charge in [0.1, 0.15) is 6.61 Å². The van der Waals surface area contributed by atoms with Crippen LogP contribution >= 0.6 is 0 Å². The van der Waals surface area contributed by atoms with Gasteiger partial charge in [-0.15, -0.1) is 0 Å². The largest absolute Gasteiger partial charge is 0.481 e. The summed E-state index contributed by atoms with van der Waals surface area (Å²) in [5.74, 6) is -2.11. The third-order valence-corrected chi connectivity index (χ3v) is 2.52. The summed E-state index contributed by atoms with van der Waals surface area (Å²) in [6.07, 6.45) is 3.12. The Hall–Kier alpha value is -1.95. The molecular formula is C12H12F2N2O2. The average molecular weight is 254 g/mol. The fourth-order valence-corrected chi connectivity index (χ4v) is 1.51. The van der Waals surface area contributed by atoms with Crippen LogP contribution in [0.3, 0.4) is 0 Å². The molecule has 1 N–H and O–H groups in total. The van der Waals surface area contributed by atoms with E-state index >= 15 is 0 Å². The number of hydrogen-bond acceptors (Lipinski definition) is 3. The van der Waals surface area contributed by atoms with Crippen LogP contribution in [0.2, 0.25) is 0 Å². The smallest absolute Gasteiger partial charge is 0.191 e. The number of halogens is 2. The molecule has 2 aromatic rings. The Morgan fingerprint density at radius 3 is 2.50 bits per heavy atom. The summed E-state index contributed by atoms with van der Waals surface area (Å²) in [7, 11) is 1.76. The van der Waals surface area contributed by atoms with Crippen molar-refractivity contribution in [3.05, 3.63) is 47.5 Å². The van der Waals surface area contributed by atoms with Crippen LogP contribution in [-0.2, 0) is 20.3 Å². The van der Waals surface area contributed by atoms with Crippen molar-refractivity contribution in [2.75, 3.05) is 0 Å². The molecule has 1 heterocycles. The number of ether oxygens (including phenoxy) is 1. The van der Waals surface area contributed by atoms with Crippen molar-refractivity contribution >= 4 is 0 Å². The van der Waals surface area contributed by atoms with Crippen LogP contribution in [0.15, 0.2) is 24.7 Å². The summed E-state index contributed by atoms with van der Waals surface area (Å²) in [6.45, 7) is -0.404. The molecule has 0 fully saturated rings. The Morgan fingerprint density at radius 2 is 2.00 bits per heavy atom. The highest BCUT2D eigenvalue weighted by Gasteiger charge is 2.13. The minimum atomic E-state index is -0.832. The molecule has 0 radical (unpaired) electrons. The zero-order valence-corrected chi connectivity index (χ0v) is 9.73. The van der Waals surface area contributed by atoms with E-state index in [2.05, 4.69) is 4.98 Å². The number of benzene rings is 1. The lowest BCUT2D eigenvalue weighted by Crippen LogP contribution is -2.04. The Bertz CT molecular complexity index is 532. The Labute approximate surface area is 102 Å². The molecule has 0 spiro atoms. The quantitative estimate of drug-likeness (QED) is 0.904. The SMILES string of the molecule is Cn1cncc1COc1c(F)cc(CO)cc1F. The van der Waals surface area contributed by atoms with Crippen molar-refractivity contribution in [2.24, 2.45) is 7.05 Å². The second-order valence-electron chi connectivity index (χ2n) is 3.83. The standard InChI is InChI=1S/C12H12F2N2O2/c1-16-7-15-4-9(16)6-18-12-10(13)2-8(5-17)3-11(12)14/h2-4,7,17H,5-6H2,1H3. The van der Waals surface area contributed by atoms with E-state index in [9.17, 15) is 8.78 Å². The molecule has 18 heavy (non-hydrogen) atoms. The molecule has 0 amide bonds. The Morgan fingerprint density at radius 1 is 1.33 bits per heavy atom. The molecule has 0 aliphatic carbocycles. The van der Waals surface area contributed by atoms with E-state index in [1.807, 2.05) is 0 Å². The van der Waals surface area contributed by atoms with E-state index in [-0.39, 0.29) is 12.2 Å². The molecule has 0 unspecified atom stereocenters. The number of nitrogens with zero attached hydrogens (tertiary/aromatic N) is 2. The van der Waals surface area contributed by atoms with E-state index in [1.165, 1.54) is 0 Å². The van der Waals surface area contributed by atoms with Crippen LogP contribution in [-0.4, -0.2) is 14.7 Å². The number of aliphatic hydroxyl groups excluding tert-OH is 1. The zero-order valence-electron chi connectivity index (χ0n) is 9.73. The number of hydrogen-bond donors (Lipinski definition) is 1. The number of imidazole rings is 1. The van der Waals surface area contributed by atoms with E-state index in [0.29, 0.717) is 5.69 Å². The second-order valence-corrected chi connectivity index (χ2v) is 3.83. The third-order valence-electron chi connectivity index (χ3n) is 2.52. The fourth-order valence-electron chi connectivity index (χ4n) is 1.51. The highest BCUT2D eigenvalue weighted by molar-refractivity contribution is 5.31. The Balaban J connectivity index is 2.17. The first kappa shape index (κ1) is 12.5. The highest BCUT2D eigenvalue weighted by atomic mass is 19.1. The van der Waals surface area contributed by atoms with Crippen molar-refractivity contribution < 1.29 is 18.6 Å². The Kier molecular flexibility index (Phi) is 3.57. The van der Waals surface area contributed by atoms with E-state index < -0.39 is 24.0 Å². The van der Waals surface area contributed by atoms with E-state index in [4.69, 9.17) is 9.84 Å². The van der Waals surface area contributed by atoms with Crippen LogP contribution in [0.1, 0.15) is 11.3 Å². The summed E-state index contributed by atoms with van der Waals surface area (Å²) in [6, 6.07) is 2.09. The molecule has 0 bridgehead atoms. The molecule has 96 valence electrons. The lowest BCUT2D eigenvalue weighted by Gasteiger charge is -2.09. The van der Waals surface area contributed by atoms with Gasteiger partial charge in [0.2, 0.25) is 0 Å². The summed E-state index contributed by atoms with van der Waals surface area (Å²) < 4.78 is 33.8. The van der Waals surface area contributed by atoms with E-state index in [0.717, 1.165) is 12.1 Å². The summed E-state index contributed by atoms with van der Waals surface area (Å²) in [4.78, 5) is 3.87. The topological polar surface area (TPSA) is 47.3 Å². The number of aromatic nitrogens is 2. The molecule has 1 aromatic carbocycles. The summed E-state index contributed by atoms with van der Waals surface area (Å²) in [5, 5.41) is 8.81. The van der Waals surface area contributed by atoms with Gasteiger partial charge in [-0.2, -0.15) is 0 Å². The van der Waals surface area contributed by atoms with Gasteiger partial charge < -0.3 is 14.4 Å². The van der Waals surface area contributed by atoms with Gasteiger partial charge in [-0.1, -0.05) is 0 Å². The normalized spacial score (nSPS) is 10.7. The summed E-state index contributed by atoms with van der Waals surface area (Å²) >= 11 is 0. The number of aliphatic hydroxyl groups is 1. The molecule has 0 saturated carbocycles. The van der Waals surface area contributed by atoms with Crippen LogP contribution in [0.5, 0.6) is 5.75 Å². The molecular weight excluding hydrogens is 242 g/mol. The van der Waals surface area contributed by atoms with Gasteiger partial charge in [0.05, 0.1) is 24.8 Å². The molecule has 6 heteroatoms. The second kappa shape index (κ2) is 5.14. The van der Waals surface area contributed by atoms with Gasteiger partial charge in [0.15, 0.2) is 17.4 Å². The van der Waals surface area contributed by atoms with Crippen molar-refractivity contribution in [1.29, 1.82) is 0 Å². The van der Waals surface area contributed by atoms with Gasteiger partial charge in [0.25, 0.3) is 0 Å². The highest BCUT2D eigenvalue weighted by Crippen LogP contribution is 2.24.